The summed E-state index contributed by atoms with van der Waals surface area (Å²) in [6, 6.07) is 3.60. The number of rotatable bonds is 4. The van der Waals surface area contributed by atoms with E-state index >= 15 is 0 Å². The first-order valence-corrected chi connectivity index (χ1v) is 10.4. The first-order chi connectivity index (χ1) is 10.8. The van der Waals surface area contributed by atoms with Crippen molar-refractivity contribution in [2.45, 2.75) is 32.0 Å². The normalized spacial score (nSPS) is 28.9. The van der Waals surface area contributed by atoms with Gasteiger partial charge >= 0.3 is 0 Å². The third-order valence-electron chi connectivity index (χ3n) is 4.75. The molecule has 3 heterocycles. The van der Waals surface area contributed by atoms with Gasteiger partial charge in [0.05, 0.1) is 6.26 Å². The molecule has 0 bridgehead atoms. The Labute approximate surface area is 141 Å². The number of hydrogen-bond donors (Lipinski definition) is 1. The summed E-state index contributed by atoms with van der Waals surface area (Å²) in [5.74, 6) is 0.0262. The number of nitrogens with zero attached hydrogens (tertiary/aromatic N) is 2. The third kappa shape index (κ3) is 3.31. The number of fused-ring (bicyclic) bond motifs is 1. The maximum atomic E-state index is 12.2. The molecule has 1 aromatic rings. The minimum absolute atomic E-state index is 0.0895. The van der Waals surface area contributed by atoms with Crippen LogP contribution in [-0.4, -0.2) is 62.0 Å². The second-order valence-electron chi connectivity index (χ2n) is 6.49. The molecule has 8 heteroatoms. The largest absolute Gasteiger partial charge is 0.358 e. The SMILES string of the molecule is CNC(=O)[C@@H]1C[C@H]2CN(Cc3ccc(C)s3)C[C@H]2N1S(C)(=O)=O. The van der Waals surface area contributed by atoms with Gasteiger partial charge in [0.15, 0.2) is 0 Å². The van der Waals surface area contributed by atoms with Gasteiger partial charge in [-0.2, -0.15) is 4.31 Å². The Balaban J connectivity index is 1.75. The number of carbonyl (C=O) groups is 1. The van der Waals surface area contributed by atoms with Crippen molar-refractivity contribution in [3.63, 3.8) is 0 Å². The van der Waals surface area contributed by atoms with Gasteiger partial charge in [-0.1, -0.05) is 0 Å². The van der Waals surface area contributed by atoms with Crippen molar-refractivity contribution in [3.05, 3.63) is 21.9 Å². The van der Waals surface area contributed by atoms with Crippen LogP contribution >= 0.6 is 11.3 Å². The number of likely N-dealkylation sites (N-methyl/N-ethyl adjacent to an activating group) is 1. The zero-order valence-corrected chi connectivity index (χ0v) is 15.3. The van der Waals surface area contributed by atoms with E-state index in [-0.39, 0.29) is 17.9 Å². The van der Waals surface area contributed by atoms with Crippen molar-refractivity contribution in [3.8, 4) is 0 Å². The monoisotopic (exact) mass is 357 g/mol. The van der Waals surface area contributed by atoms with Crippen LogP contribution in [-0.2, 0) is 21.4 Å². The van der Waals surface area contributed by atoms with E-state index in [0.29, 0.717) is 13.0 Å². The Bertz CT molecular complexity index is 701. The topological polar surface area (TPSA) is 69.7 Å². The average Bonchev–Trinajstić information content (AvgIpc) is 3.10. The molecule has 1 aromatic heterocycles. The van der Waals surface area contributed by atoms with Crippen LogP contribution in [0.5, 0.6) is 0 Å². The Kier molecular flexibility index (Phi) is 4.52. The molecule has 3 atom stereocenters. The quantitative estimate of drug-likeness (QED) is 0.858. The summed E-state index contributed by atoms with van der Waals surface area (Å²) < 4.78 is 25.9. The Morgan fingerprint density at radius 2 is 2.13 bits per heavy atom. The number of likely N-dealkylation sites (tertiary alicyclic amines) is 1. The van der Waals surface area contributed by atoms with Gasteiger partial charge in [-0.3, -0.25) is 9.69 Å². The molecule has 2 aliphatic heterocycles. The van der Waals surface area contributed by atoms with Gasteiger partial charge in [0.2, 0.25) is 15.9 Å². The molecule has 6 nitrogen and oxygen atoms in total. The molecule has 128 valence electrons. The summed E-state index contributed by atoms with van der Waals surface area (Å²) in [5, 5.41) is 2.60. The first-order valence-electron chi connectivity index (χ1n) is 7.77. The van der Waals surface area contributed by atoms with E-state index in [4.69, 9.17) is 0 Å². The predicted molar refractivity (Wildman–Crippen MR) is 90.8 cm³/mol. The number of nitrogens with one attached hydrogen (secondary N) is 1. The number of carbonyl (C=O) groups excluding carboxylic acids is 1. The lowest BCUT2D eigenvalue weighted by atomic mass is 10.0. The summed E-state index contributed by atoms with van der Waals surface area (Å²) in [6.07, 6.45) is 1.81. The van der Waals surface area contributed by atoms with Gasteiger partial charge in [0.1, 0.15) is 6.04 Å². The molecule has 0 saturated carbocycles. The molecule has 1 N–H and O–H groups in total. The van der Waals surface area contributed by atoms with Crippen molar-refractivity contribution >= 4 is 27.3 Å². The number of amides is 1. The van der Waals surface area contributed by atoms with Crippen LogP contribution in [0.4, 0.5) is 0 Å². The minimum Gasteiger partial charge on any atom is -0.358 e. The highest BCUT2D eigenvalue weighted by atomic mass is 32.2. The molecule has 2 aliphatic rings. The van der Waals surface area contributed by atoms with E-state index in [1.807, 2.05) is 0 Å². The van der Waals surface area contributed by atoms with E-state index in [0.717, 1.165) is 13.1 Å². The van der Waals surface area contributed by atoms with Gasteiger partial charge in [-0.05, 0) is 31.4 Å². The van der Waals surface area contributed by atoms with E-state index in [9.17, 15) is 13.2 Å². The van der Waals surface area contributed by atoms with E-state index < -0.39 is 16.1 Å². The molecule has 1 amide bonds. The predicted octanol–water partition coefficient (Wildman–Crippen LogP) is 0.637. The van der Waals surface area contributed by atoms with Crippen LogP contribution in [0.1, 0.15) is 16.2 Å². The zero-order chi connectivity index (χ0) is 16.8. The van der Waals surface area contributed by atoms with Crippen LogP contribution in [0.15, 0.2) is 12.1 Å². The molecule has 0 aromatic carbocycles. The molecule has 0 radical (unpaired) electrons. The van der Waals surface area contributed by atoms with Gasteiger partial charge in [-0.25, -0.2) is 8.42 Å². The number of hydrogen-bond acceptors (Lipinski definition) is 5. The highest BCUT2D eigenvalue weighted by molar-refractivity contribution is 7.88. The van der Waals surface area contributed by atoms with Crippen LogP contribution in [0.3, 0.4) is 0 Å². The van der Waals surface area contributed by atoms with E-state index in [1.165, 1.54) is 20.3 Å². The van der Waals surface area contributed by atoms with Crippen LogP contribution in [0.2, 0.25) is 0 Å². The second-order valence-corrected chi connectivity index (χ2v) is 9.75. The van der Waals surface area contributed by atoms with Crippen LogP contribution in [0.25, 0.3) is 0 Å². The Morgan fingerprint density at radius 1 is 1.39 bits per heavy atom. The number of thiophene rings is 1. The molecular formula is C15H23N3O3S2. The first kappa shape index (κ1) is 16.9. The smallest absolute Gasteiger partial charge is 0.238 e. The standard InChI is InChI=1S/C15H23N3O3S2/c1-10-4-5-12(22-10)8-17-7-11-6-13(15(19)16-2)18(14(11)9-17)23(3,20)21/h4-5,11,13-14H,6-9H2,1-3H3,(H,16,19)/t11-,13-,14+/m0/s1. The minimum atomic E-state index is -3.40. The van der Waals surface area contributed by atoms with Crippen molar-refractivity contribution in [1.29, 1.82) is 0 Å². The maximum Gasteiger partial charge on any atom is 0.238 e. The molecule has 0 spiro atoms. The van der Waals surface area contributed by atoms with Gasteiger partial charge in [0, 0.05) is 42.5 Å². The summed E-state index contributed by atoms with van der Waals surface area (Å²) in [6.45, 7) is 4.49. The van der Waals surface area contributed by atoms with Gasteiger partial charge < -0.3 is 5.32 Å². The van der Waals surface area contributed by atoms with Crippen LogP contribution < -0.4 is 5.32 Å². The average molecular weight is 358 g/mol. The van der Waals surface area contributed by atoms with Crippen molar-refractivity contribution in [2.75, 3.05) is 26.4 Å². The third-order valence-corrected chi connectivity index (χ3v) is 7.03. The molecule has 0 unspecified atom stereocenters. The van der Waals surface area contributed by atoms with E-state index in [1.54, 1.807) is 18.4 Å². The highest BCUT2D eigenvalue weighted by Crippen LogP contribution is 2.38. The molecule has 0 aliphatic carbocycles. The molecule has 2 saturated heterocycles. The maximum absolute atomic E-state index is 12.2. The number of aryl methyl sites for hydroxylation is 1. The molecule has 23 heavy (non-hydrogen) atoms. The summed E-state index contributed by atoms with van der Waals surface area (Å²) in [4.78, 5) is 16.9. The highest BCUT2D eigenvalue weighted by Gasteiger charge is 2.52. The lowest BCUT2D eigenvalue weighted by molar-refractivity contribution is -0.124. The summed E-state index contributed by atoms with van der Waals surface area (Å²) in [5.41, 5.74) is 0. The number of sulfonamides is 1. The molecular weight excluding hydrogens is 334 g/mol. The zero-order valence-electron chi connectivity index (χ0n) is 13.7. The fourth-order valence-electron chi connectivity index (χ4n) is 3.87. The van der Waals surface area contributed by atoms with Crippen molar-refractivity contribution < 1.29 is 13.2 Å². The summed E-state index contributed by atoms with van der Waals surface area (Å²) in [7, 11) is -1.85. The van der Waals surface area contributed by atoms with Gasteiger partial charge in [-0.15, -0.1) is 11.3 Å². The lowest BCUT2D eigenvalue weighted by Gasteiger charge is -2.27. The van der Waals surface area contributed by atoms with E-state index in [2.05, 4.69) is 29.3 Å². The molecule has 3 rings (SSSR count). The Morgan fingerprint density at radius 3 is 2.70 bits per heavy atom. The van der Waals surface area contributed by atoms with Crippen molar-refractivity contribution in [1.82, 2.24) is 14.5 Å². The fraction of sp³-hybridized carbons (Fsp3) is 0.667. The van der Waals surface area contributed by atoms with Crippen molar-refractivity contribution in [2.24, 2.45) is 5.92 Å². The summed E-state index contributed by atoms with van der Waals surface area (Å²) >= 11 is 1.78. The van der Waals surface area contributed by atoms with Crippen LogP contribution in [0, 0.1) is 12.8 Å². The second kappa shape index (κ2) is 6.16. The van der Waals surface area contributed by atoms with Gasteiger partial charge in [0.25, 0.3) is 0 Å². The molecule has 2 fully saturated rings. The fourth-order valence-corrected chi connectivity index (χ4v) is 6.18. The lowest BCUT2D eigenvalue weighted by Crippen LogP contribution is -2.49. The Hall–Kier alpha value is -0.960.